The Hall–Kier alpha value is -2.45. The fourth-order valence-electron chi connectivity index (χ4n) is 3.91. The molecule has 8 heteroatoms. The summed E-state index contributed by atoms with van der Waals surface area (Å²) in [5.74, 6) is 0.538. The molecule has 0 unspecified atom stereocenters. The van der Waals surface area contributed by atoms with Crippen LogP contribution in [0, 0.1) is 0 Å². The molecule has 0 radical (unpaired) electrons. The first-order chi connectivity index (χ1) is 14.0. The number of hydrogen-bond donors (Lipinski definition) is 1. The molecule has 2 aliphatic rings. The van der Waals surface area contributed by atoms with Gasteiger partial charge in [0.1, 0.15) is 5.65 Å². The van der Waals surface area contributed by atoms with Gasteiger partial charge in [-0.15, -0.1) is 0 Å². The van der Waals surface area contributed by atoms with Gasteiger partial charge in [-0.25, -0.2) is 14.2 Å². The van der Waals surface area contributed by atoms with E-state index in [-0.39, 0.29) is 11.3 Å². The van der Waals surface area contributed by atoms with Gasteiger partial charge in [0, 0.05) is 59.2 Å². The van der Waals surface area contributed by atoms with Gasteiger partial charge in [-0.1, -0.05) is 0 Å². The first-order valence-corrected chi connectivity index (χ1v) is 12.0. The van der Waals surface area contributed by atoms with Crippen LogP contribution >= 0.6 is 0 Å². The lowest BCUT2D eigenvalue weighted by molar-refractivity contribution is 0.0989. The molecule has 3 aromatic heterocycles. The average molecular weight is 412 g/mol. The van der Waals surface area contributed by atoms with Gasteiger partial charge in [0.25, 0.3) is 0 Å². The standard InChI is InChI=1S/C21H25N5O2S/c1-14-13-28-10-9-26(14)15-11-19(17-5-7-22-21-18(17)6-8-23-21)24-20(12-15)25-29(2,27)16-3-4-16/h5-8,11-12,14,16H,3-4,9-10,13H2,1-2H3,(H,22,23)/t14-,29-/m1/s1. The zero-order valence-electron chi connectivity index (χ0n) is 16.7. The number of pyridine rings is 2. The molecule has 3 aromatic rings. The van der Waals surface area contributed by atoms with Gasteiger partial charge in [-0.2, -0.15) is 4.36 Å². The van der Waals surface area contributed by atoms with E-state index in [2.05, 4.69) is 32.2 Å². The van der Waals surface area contributed by atoms with Crippen LogP contribution in [0.2, 0.25) is 0 Å². The summed E-state index contributed by atoms with van der Waals surface area (Å²) < 4.78 is 23.3. The zero-order chi connectivity index (χ0) is 20.0. The minimum Gasteiger partial charge on any atom is -0.377 e. The fourth-order valence-corrected chi connectivity index (χ4v) is 5.54. The molecular weight excluding hydrogens is 386 g/mol. The number of hydrogen-bond acceptors (Lipinski definition) is 6. The third-order valence-electron chi connectivity index (χ3n) is 5.65. The Bertz CT molecular complexity index is 1180. The van der Waals surface area contributed by atoms with Gasteiger partial charge in [0.2, 0.25) is 0 Å². The van der Waals surface area contributed by atoms with Crippen molar-refractivity contribution in [1.82, 2.24) is 15.0 Å². The number of fused-ring (bicyclic) bond motifs is 1. The van der Waals surface area contributed by atoms with Crippen molar-refractivity contribution in [2.45, 2.75) is 31.1 Å². The Kier molecular flexibility index (Phi) is 4.55. The monoisotopic (exact) mass is 411 g/mol. The second kappa shape index (κ2) is 7.11. The SMILES string of the molecule is C[C@@H]1COCCN1c1cc(N=[S@](C)(=O)C2CC2)nc(-c2ccnc3[nH]ccc23)c1. The number of nitrogens with one attached hydrogen (secondary N) is 1. The summed E-state index contributed by atoms with van der Waals surface area (Å²) in [6.45, 7) is 4.34. The normalized spacial score (nSPS) is 21.9. The molecule has 1 aliphatic carbocycles. The Morgan fingerprint density at radius 3 is 2.97 bits per heavy atom. The lowest BCUT2D eigenvalue weighted by Crippen LogP contribution is -2.43. The van der Waals surface area contributed by atoms with Gasteiger partial charge in [-0.3, -0.25) is 0 Å². The maximum atomic E-state index is 13.0. The molecule has 7 nitrogen and oxygen atoms in total. The van der Waals surface area contributed by atoms with E-state index in [4.69, 9.17) is 9.72 Å². The van der Waals surface area contributed by atoms with Gasteiger partial charge in [0.05, 0.1) is 28.6 Å². The minimum absolute atomic E-state index is 0.191. The second-order valence-corrected chi connectivity index (χ2v) is 10.5. The Morgan fingerprint density at radius 2 is 2.17 bits per heavy atom. The Balaban J connectivity index is 1.68. The van der Waals surface area contributed by atoms with Gasteiger partial charge >= 0.3 is 0 Å². The van der Waals surface area contributed by atoms with Gasteiger partial charge < -0.3 is 14.6 Å². The molecule has 1 aliphatic heterocycles. The third-order valence-corrected chi connectivity index (χ3v) is 7.91. The summed E-state index contributed by atoms with van der Waals surface area (Å²) in [7, 11) is -2.28. The number of morpholine rings is 1. The van der Waals surface area contributed by atoms with Crippen molar-refractivity contribution < 1.29 is 8.95 Å². The molecule has 1 N–H and O–H groups in total. The van der Waals surface area contributed by atoms with Crippen LogP contribution < -0.4 is 4.90 Å². The molecule has 2 fully saturated rings. The number of nitrogens with zero attached hydrogens (tertiary/aromatic N) is 4. The predicted molar refractivity (Wildman–Crippen MR) is 116 cm³/mol. The highest BCUT2D eigenvalue weighted by molar-refractivity contribution is 7.93. The Morgan fingerprint density at radius 1 is 1.31 bits per heavy atom. The van der Waals surface area contributed by atoms with Crippen molar-refractivity contribution in [1.29, 1.82) is 0 Å². The molecule has 0 bridgehead atoms. The van der Waals surface area contributed by atoms with Crippen molar-refractivity contribution in [3.8, 4) is 11.3 Å². The molecule has 4 heterocycles. The number of H-pyrrole nitrogens is 1. The van der Waals surface area contributed by atoms with E-state index in [1.165, 1.54) is 0 Å². The molecule has 1 saturated heterocycles. The number of anilines is 1. The third kappa shape index (κ3) is 3.62. The summed E-state index contributed by atoms with van der Waals surface area (Å²) in [5, 5.41) is 1.20. The van der Waals surface area contributed by atoms with Crippen molar-refractivity contribution in [2.75, 3.05) is 30.9 Å². The van der Waals surface area contributed by atoms with Crippen LogP contribution in [0.15, 0.2) is 41.0 Å². The van der Waals surface area contributed by atoms with Crippen molar-refractivity contribution in [3.63, 3.8) is 0 Å². The quantitative estimate of drug-likeness (QED) is 0.707. The molecule has 29 heavy (non-hydrogen) atoms. The number of aromatic amines is 1. The zero-order valence-corrected chi connectivity index (χ0v) is 17.5. The van der Waals surface area contributed by atoms with E-state index in [1.807, 2.05) is 24.4 Å². The van der Waals surface area contributed by atoms with Crippen molar-refractivity contribution >= 4 is 32.3 Å². The number of aromatic nitrogens is 3. The van der Waals surface area contributed by atoms with Crippen LogP contribution in [0.1, 0.15) is 19.8 Å². The average Bonchev–Trinajstić information content (AvgIpc) is 3.46. The van der Waals surface area contributed by atoms with E-state index in [9.17, 15) is 4.21 Å². The summed E-state index contributed by atoms with van der Waals surface area (Å²) in [4.78, 5) is 14.7. The first-order valence-electron chi connectivity index (χ1n) is 10.0. The van der Waals surface area contributed by atoms with Crippen LogP contribution in [-0.4, -0.2) is 56.5 Å². The van der Waals surface area contributed by atoms with Gasteiger partial charge in [0.15, 0.2) is 5.82 Å². The molecular formula is C21H25N5O2S. The van der Waals surface area contributed by atoms with Crippen LogP contribution in [0.5, 0.6) is 0 Å². The molecule has 0 spiro atoms. The summed E-state index contributed by atoms with van der Waals surface area (Å²) >= 11 is 0. The largest absolute Gasteiger partial charge is 0.377 e. The summed E-state index contributed by atoms with van der Waals surface area (Å²) in [6.07, 6.45) is 7.39. The van der Waals surface area contributed by atoms with E-state index < -0.39 is 9.73 Å². The summed E-state index contributed by atoms with van der Waals surface area (Å²) in [6, 6.07) is 8.29. The molecule has 152 valence electrons. The first kappa shape index (κ1) is 18.6. The van der Waals surface area contributed by atoms with E-state index in [1.54, 1.807) is 12.5 Å². The fraction of sp³-hybridized carbons (Fsp3) is 0.429. The minimum atomic E-state index is -2.28. The molecule has 0 amide bonds. The smallest absolute Gasteiger partial charge is 0.164 e. The second-order valence-electron chi connectivity index (χ2n) is 7.94. The highest BCUT2D eigenvalue weighted by Crippen LogP contribution is 2.35. The lowest BCUT2D eigenvalue weighted by atomic mass is 10.1. The van der Waals surface area contributed by atoms with Crippen LogP contribution in [0.4, 0.5) is 11.5 Å². The maximum absolute atomic E-state index is 13.0. The Labute approximate surface area is 170 Å². The lowest BCUT2D eigenvalue weighted by Gasteiger charge is -2.35. The molecule has 0 aromatic carbocycles. The molecule has 2 atom stereocenters. The van der Waals surface area contributed by atoms with Crippen LogP contribution in [-0.2, 0) is 14.5 Å². The van der Waals surface area contributed by atoms with E-state index in [0.29, 0.717) is 19.0 Å². The van der Waals surface area contributed by atoms with Crippen LogP contribution in [0.3, 0.4) is 0 Å². The maximum Gasteiger partial charge on any atom is 0.164 e. The van der Waals surface area contributed by atoms with Crippen molar-refractivity contribution in [3.05, 3.63) is 36.7 Å². The van der Waals surface area contributed by atoms with Gasteiger partial charge in [-0.05, 0) is 38.0 Å². The summed E-state index contributed by atoms with van der Waals surface area (Å²) in [5.41, 5.74) is 3.67. The predicted octanol–water partition coefficient (Wildman–Crippen LogP) is 3.74. The topological polar surface area (TPSA) is 83.5 Å². The van der Waals surface area contributed by atoms with E-state index in [0.717, 1.165) is 47.4 Å². The van der Waals surface area contributed by atoms with Crippen LogP contribution in [0.25, 0.3) is 22.3 Å². The highest BCUT2D eigenvalue weighted by Gasteiger charge is 2.31. The van der Waals surface area contributed by atoms with Crippen molar-refractivity contribution in [2.24, 2.45) is 4.36 Å². The molecule has 5 rings (SSSR count). The molecule has 1 saturated carbocycles. The van der Waals surface area contributed by atoms with E-state index >= 15 is 0 Å². The number of ether oxygens (including phenoxy) is 1. The number of rotatable bonds is 4. The highest BCUT2D eigenvalue weighted by atomic mass is 32.2.